The molecule has 0 heterocycles. The van der Waals surface area contributed by atoms with Crippen molar-refractivity contribution in [2.24, 2.45) is 0 Å². The van der Waals surface area contributed by atoms with E-state index in [9.17, 15) is 4.79 Å². The Balaban J connectivity index is 3.06. The minimum Gasteiger partial charge on any atom is -0.276 e. The number of hydrogen-bond acceptors (Lipinski definition) is 1. The highest BCUT2D eigenvalue weighted by Gasteiger charge is 1.97. The number of rotatable bonds is 2. The number of carbonyl (C=O) groups is 1. The molecular weight excluding hydrogens is 184 g/mol. The summed E-state index contributed by atoms with van der Waals surface area (Å²) in [7, 11) is 0. The summed E-state index contributed by atoms with van der Waals surface area (Å²) in [6.07, 6.45) is 3.12. The average Bonchev–Trinajstić information content (AvgIpc) is 2.03. The van der Waals surface area contributed by atoms with Crippen LogP contribution < -0.4 is 0 Å². The molecule has 1 aromatic carbocycles. The molecule has 0 amide bonds. The number of allylic oxidation sites excluding steroid dienone is 1. The summed E-state index contributed by atoms with van der Waals surface area (Å²) in [6, 6.07) is 6.00. The van der Waals surface area contributed by atoms with Gasteiger partial charge in [0.2, 0.25) is 5.24 Å². The monoisotopic (exact) mass is 194 g/mol. The zero-order valence-corrected chi connectivity index (χ0v) is 8.43. The fourth-order valence-corrected chi connectivity index (χ4v) is 1.30. The van der Waals surface area contributed by atoms with Crippen molar-refractivity contribution in [3.05, 3.63) is 41.0 Å². The second-order valence-corrected chi connectivity index (χ2v) is 3.32. The average molecular weight is 195 g/mol. The molecule has 0 saturated carbocycles. The molecule has 0 unspecified atom stereocenters. The van der Waals surface area contributed by atoms with Crippen molar-refractivity contribution in [1.82, 2.24) is 0 Å². The van der Waals surface area contributed by atoms with Crippen molar-refractivity contribution in [1.29, 1.82) is 0 Å². The van der Waals surface area contributed by atoms with E-state index in [-0.39, 0.29) is 0 Å². The van der Waals surface area contributed by atoms with Crippen LogP contribution in [0.25, 0.3) is 6.08 Å². The Morgan fingerprint density at radius 2 is 1.85 bits per heavy atom. The first-order chi connectivity index (χ1) is 6.11. The number of hydrogen-bond donors (Lipinski definition) is 0. The molecule has 0 bridgehead atoms. The van der Waals surface area contributed by atoms with Crippen LogP contribution in [-0.4, -0.2) is 5.24 Å². The molecule has 0 aliphatic heterocycles. The number of halogens is 1. The largest absolute Gasteiger partial charge is 0.276 e. The SMILES string of the molecule is Cc1cccc(C)c1C=CC(=O)Cl. The molecule has 68 valence electrons. The van der Waals surface area contributed by atoms with Crippen LogP contribution in [0, 0.1) is 13.8 Å². The highest BCUT2D eigenvalue weighted by atomic mass is 35.5. The first-order valence-corrected chi connectivity index (χ1v) is 4.43. The van der Waals surface area contributed by atoms with E-state index in [4.69, 9.17) is 11.6 Å². The molecule has 1 nitrogen and oxygen atoms in total. The Morgan fingerprint density at radius 1 is 1.31 bits per heavy atom. The molecular formula is C11H11ClO. The van der Waals surface area contributed by atoms with Crippen LogP contribution in [-0.2, 0) is 4.79 Å². The standard InChI is InChI=1S/C11H11ClO/c1-8-4-3-5-9(2)10(8)6-7-11(12)13/h3-7H,1-2H3. The molecule has 0 N–H and O–H groups in total. The Morgan fingerprint density at radius 3 is 2.31 bits per heavy atom. The minimum atomic E-state index is -0.442. The summed E-state index contributed by atoms with van der Waals surface area (Å²) < 4.78 is 0. The quantitative estimate of drug-likeness (QED) is 0.523. The van der Waals surface area contributed by atoms with Crippen LogP contribution in [0.1, 0.15) is 16.7 Å². The topological polar surface area (TPSA) is 17.1 Å². The third-order valence-corrected chi connectivity index (χ3v) is 2.05. The summed E-state index contributed by atoms with van der Waals surface area (Å²) in [5, 5.41) is -0.442. The fraction of sp³-hybridized carbons (Fsp3) is 0.182. The zero-order valence-electron chi connectivity index (χ0n) is 7.67. The second-order valence-electron chi connectivity index (χ2n) is 2.94. The van der Waals surface area contributed by atoms with E-state index in [0.717, 1.165) is 16.7 Å². The molecule has 1 aromatic rings. The number of benzene rings is 1. The summed E-state index contributed by atoms with van der Waals surface area (Å²) in [5.74, 6) is 0. The van der Waals surface area contributed by atoms with Gasteiger partial charge in [-0.15, -0.1) is 0 Å². The molecule has 0 fully saturated rings. The highest BCUT2D eigenvalue weighted by Crippen LogP contribution is 2.14. The van der Waals surface area contributed by atoms with E-state index >= 15 is 0 Å². The Hall–Kier alpha value is -1.08. The molecule has 0 spiro atoms. The Labute approximate surface area is 83.0 Å². The van der Waals surface area contributed by atoms with Crippen LogP contribution in [0.15, 0.2) is 24.3 Å². The molecule has 1 rings (SSSR count). The van der Waals surface area contributed by atoms with Crippen molar-refractivity contribution < 1.29 is 4.79 Å². The predicted molar refractivity (Wildman–Crippen MR) is 55.8 cm³/mol. The first kappa shape index (κ1) is 10.0. The molecule has 0 aliphatic rings. The summed E-state index contributed by atoms with van der Waals surface area (Å²) in [6.45, 7) is 4.01. The van der Waals surface area contributed by atoms with E-state index in [2.05, 4.69) is 0 Å². The summed E-state index contributed by atoms with van der Waals surface area (Å²) in [5.41, 5.74) is 3.36. The van der Waals surface area contributed by atoms with Crippen LogP contribution in [0.5, 0.6) is 0 Å². The molecule has 0 aliphatic carbocycles. The van der Waals surface area contributed by atoms with Crippen molar-refractivity contribution in [2.75, 3.05) is 0 Å². The van der Waals surface area contributed by atoms with Gasteiger partial charge in [0.25, 0.3) is 0 Å². The van der Waals surface area contributed by atoms with Gasteiger partial charge in [0, 0.05) is 0 Å². The lowest BCUT2D eigenvalue weighted by molar-refractivity contribution is -0.107. The van der Waals surface area contributed by atoms with Crippen LogP contribution in [0.2, 0.25) is 0 Å². The minimum absolute atomic E-state index is 0.442. The van der Waals surface area contributed by atoms with Gasteiger partial charge >= 0.3 is 0 Å². The van der Waals surface area contributed by atoms with Crippen LogP contribution >= 0.6 is 11.6 Å². The van der Waals surface area contributed by atoms with Gasteiger partial charge in [0.15, 0.2) is 0 Å². The van der Waals surface area contributed by atoms with E-state index in [0.29, 0.717) is 0 Å². The maximum absolute atomic E-state index is 10.5. The summed E-state index contributed by atoms with van der Waals surface area (Å²) in [4.78, 5) is 10.5. The van der Waals surface area contributed by atoms with E-state index in [1.54, 1.807) is 6.08 Å². The van der Waals surface area contributed by atoms with Gasteiger partial charge in [-0.1, -0.05) is 18.2 Å². The summed E-state index contributed by atoms with van der Waals surface area (Å²) >= 11 is 5.21. The van der Waals surface area contributed by atoms with Gasteiger partial charge in [-0.25, -0.2) is 0 Å². The maximum atomic E-state index is 10.5. The molecule has 0 atom stereocenters. The smallest absolute Gasteiger partial charge is 0.245 e. The second kappa shape index (κ2) is 4.24. The van der Waals surface area contributed by atoms with Gasteiger partial charge in [-0.2, -0.15) is 0 Å². The molecule has 0 aromatic heterocycles. The third kappa shape index (κ3) is 2.71. The lowest BCUT2D eigenvalue weighted by atomic mass is 10.0. The van der Waals surface area contributed by atoms with E-state index in [1.807, 2.05) is 32.0 Å². The third-order valence-electron chi connectivity index (χ3n) is 1.92. The predicted octanol–water partition coefficient (Wildman–Crippen LogP) is 3.08. The zero-order chi connectivity index (χ0) is 9.84. The van der Waals surface area contributed by atoms with Gasteiger partial charge in [0.05, 0.1) is 0 Å². The molecule has 0 saturated heterocycles. The Kier molecular flexibility index (Phi) is 3.26. The first-order valence-electron chi connectivity index (χ1n) is 4.05. The fourth-order valence-electron chi connectivity index (χ4n) is 1.24. The van der Waals surface area contributed by atoms with E-state index in [1.165, 1.54) is 6.08 Å². The van der Waals surface area contributed by atoms with Crippen molar-refractivity contribution >= 4 is 22.9 Å². The lowest BCUT2D eigenvalue weighted by Gasteiger charge is -2.03. The van der Waals surface area contributed by atoms with Crippen molar-refractivity contribution in [2.45, 2.75) is 13.8 Å². The Bertz CT molecular complexity index is 333. The van der Waals surface area contributed by atoms with Crippen molar-refractivity contribution in [3.8, 4) is 0 Å². The van der Waals surface area contributed by atoms with Crippen LogP contribution in [0.4, 0.5) is 0 Å². The van der Waals surface area contributed by atoms with Crippen molar-refractivity contribution in [3.63, 3.8) is 0 Å². The van der Waals surface area contributed by atoms with Gasteiger partial charge in [-0.3, -0.25) is 4.79 Å². The highest BCUT2D eigenvalue weighted by molar-refractivity contribution is 6.66. The maximum Gasteiger partial charge on any atom is 0.245 e. The normalized spacial score (nSPS) is 10.7. The molecule has 2 heteroatoms. The number of aryl methyl sites for hydroxylation is 2. The lowest BCUT2D eigenvalue weighted by Crippen LogP contribution is -1.86. The van der Waals surface area contributed by atoms with Crippen LogP contribution in [0.3, 0.4) is 0 Å². The van der Waals surface area contributed by atoms with Gasteiger partial charge in [-0.05, 0) is 54.3 Å². The van der Waals surface area contributed by atoms with Gasteiger partial charge < -0.3 is 0 Å². The van der Waals surface area contributed by atoms with E-state index < -0.39 is 5.24 Å². The molecule has 0 radical (unpaired) electrons. The molecule has 13 heavy (non-hydrogen) atoms. The van der Waals surface area contributed by atoms with Gasteiger partial charge in [0.1, 0.15) is 0 Å². The number of carbonyl (C=O) groups excluding carboxylic acids is 1.